The van der Waals surface area contributed by atoms with E-state index in [4.69, 9.17) is 10.5 Å². The number of nitrogens with two attached hydrogens (primary N) is 1. The fourth-order valence-corrected chi connectivity index (χ4v) is 2.74. The molecule has 0 aromatic rings. The van der Waals surface area contributed by atoms with E-state index in [9.17, 15) is 4.79 Å². The van der Waals surface area contributed by atoms with Crippen molar-refractivity contribution in [2.24, 2.45) is 17.6 Å². The summed E-state index contributed by atoms with van der Waals surface area (Å²) in [5, 5.41) is 0. The van der Waals surface area contributed by atoms with Gasteiger partial charge in [0.15, 0.2) is 0 Å². The second kappa shape index (κ2) is 3.91. The number of likely N-dealkylation sites (tertiary alicyclic amines) is 1. The Morgan fingerprint density at radius 1 is 1.25 bits per heavy atom. The molecule has 2 aliphatic rings. The monoisotopic (exact) mass is 226 g/mol. The Balaban J connectivity index is 1.95. The van der Waals surface area contributed by atoms with E-state index in [0.717, 1.165) is 25.9 Å². The van der Waals surface area contributed by atoms with Crippen molar-refractivity contribution in [1.29, 1.82) is 0 Å². The maximum absolute atomic E-state index is 11.9. The number of fused-ring (bicyclic) bond motifs is 2. The number of ether oxygens (including phenoxy) is 1. The van der Waals surface area contributed by atoms with E-state index < -0.39 is 5.60 Å². The maximum atomic E-state index is 11.9. The van der Waals surface area contributed by atoms with Crippen molar-refractivity contribution in [3.63, 3.8) is 0 Å². The van der Waals surface area contributed by atoms with E-state index in [2.05, 4.69) is 0 Å². The number of amides is 1. The number of piperidine rings is 1. The molecule has 1 saturated carbocycles. The van der Waals surface area contributed by atoms with Crippen molar-refractivity contribution >= 4 is 6.09 Å². The smallest absolute Gasteiger partial charge is 0.410 e. The molecule has 16 heavy (non-hydrogen) atoms. The summed E-state index contributed by atoms with van der Waals surface area (Å²) in [5.74, 6) is 0.956. The van der Waals surface area contributed by atoms with Gasteiger partial charge in [0.25, 0.3) is 0 Å². The van der Waals surface area contributed by atoms with Crippen LogP contribution in [0.5, 0.6) is 0 Å². The van der Waals surface area contributed by atoms with Crippen LogP contribution in [-0.2, 0) is 4.74 Å². The summed E-state index contributed by atoms with van der Waals surface area (Å²) in [5.41, 5.74) is 5.69. The largest absolute Gasteiger partial charge is 0.444 e. The van der Waals surface area contributed by atoms with E-state index in [-0.39, 0.29) is 6.09 Å². The van der Waals surface area contributed by atoms with Gasteiger partial charge in [-0.2, -0.15) is 0 Å². The molecule has 4 nitrogen and oxygen atoms in total. The molecule has 1 saturated heterocycles. The first kappa shape index (κ1) is 11.7. The van der Waals surface area contributed by atoms with Crippen LogP contribution in [0, 0.1) is 11.8 Å². The Kier molecular flexibility index (Phi) is 2.86. The second-order valence-corrected chi connectivity index (χ2v) is 6.06. The quantitative estimate of drug-likeness (QED) is 0.682. The second-order valence-electron chi connectivity index (χ2n) is 6.06. The van der Waals surface area contributed by atoms with Crippen molar-refractivity contribution in [2.75, 3.05) is 13.1 Å². The van der Waals surface area contributed by atoms with Crippen LogP contribution in [0.1, 0.15) is 33.6 Å². The summed E-state index contributed by atoms with van der Waals surface area (Å²) in [4.78, 5) is 13.7. The normalized spacial score (nSPS) is 34.0. The average molecular weight is 226 g/mol. The molecule has 3 atom stereocenters. The summed E-state index contributed by atoms with van der Waals surface area (Å²) in [6.45, 7) is 7.23. The Morgan fingerprint density at radius 2 is 1.75 bits per heavy atom. The summed E-state index contributed by atoms with van der Waals surface area (Å²) in [7, 11) is 0. The molecule has 1 aliphatic carbocycles. The molecule has 0 radical (unpaired) electrons. The molecule has 2 N–H and O–H groups in total. The molecule has 0 aromatic carbocycles. The lowest BCUT2D eigenvalue weighted by molar-refractivity contribution is 0.0134. The van der Waals surface area contributed by atoms with E-state index in [1.54, 1.807) is 0 Å². The van der Waals surface area contributed by atoms with Gasteiger partial charge in [-0.25, -0.2) is 4.79 Å². The fraction of sp³-hybridized carbons (Fsp3) is 0.917. The van der Waals surface area contributed by atoms with Crippen LogP contribution >= 0.6 is 0 Å². The number of hydrogen-bond acceptors (Lipinski definition) is 3. The minimum atomic E-state index is -0.407. The molecule has 1 aliphatic heterocycles. The number of nitrogens with zero attached hydrogens (tertiary/aromatic N) is 1. The molecular formula is C12H22N2O2. The molecule has 2 rings (SSSR count). The van der Waals surface area contributed by atoms with Crippen molar-refractivity contribution in [2.45, 2.75) is 45.3 Å². The predicted molar refractivity (Wildman–Crippen MR) is 62.0 cm³/mol. The minimum absolute atomic E-state index is 0.184. The molecule has 1 heterocycles. The highest BCUT2D eigenvalue weighted by molar-refractivity contribution is 5.68. The molecule has 1 unspecified atom stereocenters. The lowest BCUT2D eigenvalue weighted by Gasteiger charge is -2.36. The van der Waals surface area contributed by atoms with Crippen LogP contribution in [-0.4, -0.2) is 35.7 Å². The van der Waals surface area contributed by atoms with Gasteiger partial charge >= 0.3 is 6.09 Å². The van der Waals surface area contributed by atoms with Gasteiger partial charge in [-0.3, -0.25) is 0 Å². The Labute approximate surface area is 97.1 Å². The van der Waals surface area contributed by atoms with Crippen LogP contribution < -0.4 is 5.73 Å². The Morgan fingerprint density at radius 3 is 2.19 bits per heavy atom. The molecule has 2 bridgehead atoms. The van der Waals surface area contributed by atoms with Crippen LogP contribution in [0.2, 0.25) is 0 Å². The zero-order chi connectivity index (χ0) is 11.9. The van der Waals surface area contributed by atoms with Crippen molar-refractivity contribution in [1.82, 2.24) is 4.90 Å². The first-order valence-electron chi connectivity index (χ1n) is 6.10. The van der Waals surface area contributed by atoms with Crippen molar-refractivity contribution in [3.05, 3.63) is 0 Å². The van der Waals surface area contributed by atoms with Gasteiger partial charge in [0.1, 0.15) is 5.60 Å². The van der Waals surface area contributed by atoms with Crippen molar-refractivity contribution < 1.29 is 9.53 Å². The lowest BCUT2D eigenvalue weighted by Crippen LogP contribution is -2.51. The molecule has 0 aromatic heterocycles. The number of carbonyl (C=O) groups excluding carboxylic acids is 1. The first-order chi connectivity index (χ1) is 7.37. The van der Waals surface area contributed by atoms with E-state index in [1.165, 1.54) is 0 Å². The van der Waals surface area contributed by atoms with Gasteiger partial charge in [0.05, 0.1) is 0 Å². The fourth-order valence-electron chi connectivity index (χ4n) is 2.74. The van der Waals surface area contributed by atoms with Gasteiger partial charge in [-0.15, -0.1) is 0 Å². The summed E-state index contributed by atoms with van der Waals surface area (Å²) in [6, 6.07) is 0.290. The molecule has 0 spiro atoms. The van der Waals surface area contributed by atoms with Gasteiger partial charge in [0.2, 0.25) is 0 Å². The summed E-state index contributed by atoms with van der Waals surface area (Å²) in [6.07, 6.45) is 2.13. The minimum Gasteiger partial charge on any atom is -0.444 e. The summed E-state index contributed by atoms with van der Waals surface area (Å²) < 4.78 is 5.38. The van der Waals surface area contributed by atoms with Crippen LogP contribution in [0.3, 0.4) is 0 Å². The first-order valence-corrected chi connectivity index (χ1v) is 6.10. The Bertz CT molecular complexity index is 271. The van der Waals surface area contributed by atoms with Gasteiger partial charge in [-0.1, -0.05) is 0 Å². The van der Waals surface area contributed by atoms with Crippen molar-refractivity contribution in [3.8, 4) is 0 Å². The highest BCUT2D eigenvalue weighted by Crippen LogP contribution is 2.35. The Hall–Kier alpha value is -0.770. The highest BCUT2D eigenvalue weighted by Gasteiger charge is 2.42. The predicted octanol–water partition coefficient (Wildman–Crippen LogP) is 1.59. The molecular weight excluding hydrogens is 204 g/mol. The third-order valence-electron chi connectivity index (χ3n) is 3.56. The number of carbonyl (C=O) groups is 1. The van der Waals surface area contributed by atoms with E-state index in [0.29, 0.717) is 17.9 Å². The van der Waals surface area contributed by atoms with Gasteiger partial charge < -0.3 is 15.4 Å². The highest BCUT2D eigenvalue weighted by atomic mass is 16.6. The maximum Gasteiger partial charge on any atom is 0.410 e. The average Bonchev–Trinajstić information content (AvgIpc) is 2.38. The summed E-state index contributed by atoms with van der Waals surface area (Å²) >= 11 is 0. The topological polar surface area (TPSA) is 55.6 Å². The molecule has 4 heteroatoms. The zero-order valence-electron chi connectivity index (χ0n) is 10.4. The van der Waals surface area contributed by atoms with Crippen LogP contribution in [0.4, 0.5) is 4.79 Å². The number of hydrogen-bond donors (Lipinski definition) is 1. The van der Waals surface area contributed by atoms with Gasteiger partial charge in [-0.05, 0) is 45.4 Å². The van der Waals surface area contributed by atoms with E-state index >= 15 is 0 Å². The van der Waals surface area contributed by atoms with E-state index in [1.807, 2.05) is 25.7 Å². The van der Waals surface area contributed by atoms with Crippen LogP contribution in [0.15, 0.2) is 0 Å². The lowest BCUT2D eigenvalue weighted by atomic mass is 9.93. The zero-order valence-corrected chi connectivity index (χ0v) is 10.4. The third-order valence-corrected chi connectivity index (χ3v) is 3.56. The molecule has 2 fully saturated rings. The number of rotatable bonds is 0. The van der Waals surface area contributed by atoms with Gasteiger partial charge in [0, 0.05) is 19.1 Å². The SMILES string of the molecule is CC(C)(C)OC(=O)N1CC2CC[C@@H](C1)[C@@H]2N. The molecule has 1 amide bonds. The third kappa shape index (κ3) is 2.32. The molecule has 92 valence electrons. The standard InChI is InChI=1S/C12H22N2O2/c1-12(2,3)16-11(15)14-6-8-4-5-9(7-14)10(8)13/h8-10H,4-7,13H2,1-3H3/t8-,9?,10-/m0/s1. The van der Waals surface area contributed by atoms with Crippen LogP contribution in [0.25, 0.3) is 0 Å².